The van der Waals surface area contributed by atoms with E-state index >= 15 is 0 Å². The first-order valence-corrected chi connectivity index (χ1v) is 11.3. The van der Waals surface area contributed by atoms with Crippen molar-refractivity contribution in [1.29, 1.82) is 0 Å². The molecule has 0 bridgehead atoms. The smallest absolute Gasteiger partial charge is 0.246 e. The van der Waals surface area contributed by atoms with Crippen LogP contribution in [0.4, 0.5) is 0 Å². The molecule has 0 aliphatic carbocycles. The van der Waals surface area contributed by atoms with E-state index in [1.807, 2.05) is 6.07 Å². The van der Waals surface area contributed by atoms with E-state index in [4.69, 9.17) is 14.2 Å². The number of carbonyl (C=O) groups excluding carboxylic acids is 1. The van der Waals surface area contributed by atoms with Crippen molar-refractivity contribution in [3.05, 3.63) is 35.4 Å². The molecule has 2 aliphatic heterocycles. The molecule has 9 nitrogen and oxygen atoms in total. The van der Waals surface area contributed by atoms with Crippen molar-refractivity contribution < 1.29 is 19.0 Å². The minimum absolute atomic E-state index is 0.0406. The molecule has 1 amide bonds. The highest BCUT2D eigenvalue weighted by atomic mass is 16.6. The van der Waals surface area contributed by atoms with Gasteiger partial charge in [0.15, 0.2) is 17.3 Å². The summed E-state index contributed by atoms with van der Waals surface area (Å²) in [5.41, 5.74) is 1.21. The molecule has 3 heterocycles. The van der Waals surface area contributed by atoms with Gasteiger partial charge in [-0.2, -0.15) is 0 Å². The van der Waals surface area contributed by atoms with E-state index in [1.54, 1.807) is 0 Å². The van der Waals surface area contributed by atoms with Crippen molar-refractivity contribution in [2.75, 3.05) is 40.0 Å². The fourth-order valence-corrected chi connectivity index (χ4v) is 4.32. The van der Waals surface area contributed by atoms with Gasteiger partial charge in [-0.05, 0) is 30.0 Å². The summed E-state index contributed by atoms with van der Waals surface area (Å²) >= 11 is 0. The highest BCUT2D eigenvalue weighted by Crippen LogP contribution is 2.31. The third-order valence-corrected chi connectivity index (χ3v) is 5.79. The highest BCUT2D eigenvalue weighted by Gasteiger charge is 2.26. The summed E-state index contributed by atoms with van der Waals surface area (Å²) in [5.74, 6) is 3.72. The summed E-state index contributed by atoms with van der Waals surface area (Å²) in [6, 6.07) is 6.00. The van der Waals surface area contributed by atoms with Gasteiger partial charge in [0.1, 0.15) is 25.6 Å². The number of hydrogen-bond donors (Lipinski definition) is 1. The molecule has 1 N–H and O–H groups in total. The van der Waals surface area contributed by atoms with Gasteiger partial charge in [0.05, 0.1) is 6.04 Å². The SMILES string of the molecule is COCC(=O)NC(CC(C)C)c1nnc2n1CCN(Cc1ccc3c(c1)OCCO3)CC2. The molecule has 0 radical (unpaired) electrons. The van der Waals surface area contributed by atoms with Crippen LogP contribution in [0.15, 0.2) is 18.2 Å². The van der Waals surface area contributed by atoms with E-state index < -0.39 is 0 Å². The molecule has 2 aromatic rings. The zero-order chi connectivity index (χ0) is 22.5. The number of hydrogen-bond acceptors (Lipinski definition) is 7. The summed E-state index contributed by atoms with van der Waals surface area (Å²) in [6.45, 7) is 8.93. The first-order valence-electron chi connectivity index (χ1n) is 11.3. The Balaban J connectivity index is 1.44. The Hall–Kier alpha value is -2.65. The molecule has 0 saturated heterocycles. The van der Waals surface area contributed by atoms with E-state index in [9.17, 15) is 4.79 Å². The predicted molar refractivity (Wildman–Crippen MR) is 119 cm³/mol. The lowest BCUT2D eigenvalue weighted by Gasteiger charge is -2.23. The molecular weight excluding hydrogens is 410 g/mol. The van der Waals surface area contributed by atoms with Crippen molar-refractivity contribution in [2.45, 2.75) is 45.8 Å². The van der Waals surface area contributed by atoms with Crippen LogP contribution in [0.5, 0.6) is 11.5 Å². The number of ether oxygens (including phenoxy) is 3. The maximum absolute atomic E-state index is 12.2. The number of rotatable bonds is 8. The fourth-order valence-electron chi connectivity index (χ4n) is 4.32. The second kappa shape index (κ2) is 10.3. The van der Waals surface area contributed by atoms with Crippen LogP contribution in [-0.4, -0.2) is 65.6 Å². The van der Waals surface area contributed by atoms with E-state index in [2.05, 4.69) is 51.0 Å². The topological polar surface area (TPSA) is 90.7 Å². The Morgan fingerprint density at radius 2 is 1.97 bits per heavy atom. The van der Waals surface area contributed by atoms with Crippen LogP contribution in [0.1, 0.15) is 43.5 Å². The van der Waals surface area contributed by atoms with E-state index in [0.29, 0.717) is 19.1 Å². The Labute approximate surface area is 189 Å². The zero-order valence-electron chi connectivity index (χ0n) is 19.2. The summed E-state index contributed by atoms with van der Waals surface area (Å²) < 4.78 is 18.5. The number of fused-ring (bicyclic) bond motifs is 2. The minimum Gasteiger partial charge on any atom is -0.486 e. The lowest BCUT2D eigenvalue weighted by Crippen LogP contribution is -2.34. The standard InChI is InChI=1S/C23H33N5O4/c1-16(2)12-18(24-22(29)15-30-3)23-26-25-21-6-7-27(8-9-28(21)23)14-17-4-5-19-20(13-17)32-11-10-31-19/h4-5,13,16,18H,6-12,14-15H2,1-3H3,(H,24,29). The molecule has 2 aliphatic rings. The lowest BCUT2D eigenvalue weighted by molar-refractivity contribution is -0.125. The highest BCUT2D eigenvalue weighted by molar-refractivity contribution is 5.77. The average Bonchev–Trinajstić information content (AvgIpc) is 3.07. The van der Waals surface area contributed by atoms with Crippen LogP contribution in [0.3, 0.4) is 0 Å². The second-order valence-corrected chi connectivity index (χ2v) is 8.81. The van der Waals surface area contributed by atoms with Gasteiger partial charge in [-0.15, -0.1) is 10.2 Å². The minimum atomic E-state index is -0.178. The lowest BCUT2D eigenvalue weighted by atomic mass is 10.0. The van der Waals surface area contributed by atoms with Gasteiger partial charge in [-0.25, -0.2) is 0 Å². The Bertz CT molecular complexity index is 929. The molecule has 174 valence electrons. The van der Waals surface area contributed by atoms with Crippen molar-refractivity contribution in [3.63, 3.8) is 0 Å². The van der Waals surface area contributed by atoms with Crippen molar-refractivity contribution in [1.82, 2.24) is 25.0 Å². The average molecular weight is 444 g/mol. The molecule has 1 aromatic carbocycles. The van der Waals surface area contributed by atoms with Gasteiger partial charge in [-0.1, -0.05) is 19.9 Å². The molecule has 32 heavy (non-hydrogen) atoms. The first kappa shape index (κ1) is 22.5. The van der Waals surface area contributed by atoms with E-state index in [-0.39, 0.29) is 18.6 Å². The number of nitrogens with zero attached hydrogens (tertiary/aromatic N) is 4. The van der Waals surface area contributed by atoms with Crippen LogP contribution in [0.25, 0.3) is 0 Å². The molecule has 9 heteroatoms. The number of methoxy groups -OCH3 is 1. The van der Waals surface area contributed by atoms with Gasteiger partial charge in [0, 0.05) is 39.7 Å². The van der Waals surface area contributed by atoms with Gasteiger partial charge >= 0.3 is 0 Å². The number of amides is 1. The Kier molecular flexibility index (Phi) is 7.26. The third kappa shape index (κ3) is 5.39. The predicted octanol–water partition coefficient (Wildman–Crippen LogP) is 1.96. The van der Waals surface area contributed by atoms with Crippen LogP contribution in [0.2, 0.25) is 0 Å². The first-order chi connectivity index (χ1) is 15.5. The normalized spacial score (nSPS) is 17.0. The van der Waals surface area contributed by atoms with Crippen LogP contribution >= 0.6 is 0 Å². The maximum atomic E-state index is 12.2. The Morgan fingerprint density at radius 3 is 2.75 bits per heavy atom. The molecular formula is C23H33N5O4. The molecule has 1 atom stereocenters. The van der Waals surface area contributed by atoms with Crippen molar-refractivity contribution in [3.8, 4) is 11.5 Å². The monoisotopic (exact) mass is 443 g/mol. The molecule has 4 rings (SSSR count). The third-order valence-electron chi connectivity index (χ3n) is 5.79. The summed E-state index contributed by atoms with van der Waals surface area (Å²) in [6.07, 6.45) is 1.62. The molecule has 1 unspecified atom stereocenters. The summed E-state index contributed by atoms with van der Waals surface area (Å²) in [7, 11) is 1.52. The van der Waals surface area contributed by atoms with Crippen LogP contribution in [-0.2, 0) is 29.0 Å². The number of aromatic nitrogens is 3. The molecule has 1 aromatic heterocycles. The number of carbonyl (C=O) groups is 1. The maximum Gasteiger partial charge on any atom is 0.246 e. The molecule has 0 saturated carbocycles. The van der Waals surface area contributed by atoms with E-state index in [0.717, 1.165) is 62.2 Å². The van der Waals surface area contributed by atoms with E-state index in [1.165, 1.54) is 12.7 Å². The second-order valence-electron chi connectivity index (χ2n) is 8.81. The van der Waals surface area contributed by atoms with Gasteiger partial charge < -0.3 is 24.1 Å². The van der Waals surface area contributed by atoms with Gasteiger partial charge in [-0.3, -0.25) is 9.69 Å². The fraction of sp³-hybridized carbons (Fsp3) is 0.609. The Morgan fingerprint density at radius 1 is 1.16 bits per heavy atom. The number of benzene rings is 1. The van der Waals surface area contributed by atoms with Crippen molar-refractivity contribution in [2.24, 2.45) is 5.92 Å². The van der Waals surface area contributed by atoms with Crippen molar-refractivity contribution >= 4 is 5.91 Å². The number of nitrogens with one attached hydrogen (secondary N) is 1. The zero-order valence-corrected chi connectivity index (χ0v) is 19.2. The van der Waals surface area contributed by atoms with Crippen LogP contribution < -0.4 is 14.8 Å². The van der Waals surface area contributed by atoms with Crippen LogP contribution in [0, 0.1) is 5.92 Å². The quantitative estimate of drug-likeness (QED) is 0.667. The van der Waals surface area contributed by atoms with Gasteiger partial charge in [0.25, 0.3) is 0 Å². The molecule has 0 fully saturated rings. The largest absolute Gasteiger partial charge is 0.486 e. The summed E-state index contributed by atoms with van der Waals surface area (Å²) in [5, 5.41) is 12.0. The van der Waals surface area contributed by atoms with Gasteiger partial charge in [0.2, 0.25) is 5.91 Å². The summed E-state index contributed by atoms with van der Waals surface area (Å²) in [4.78, 5) is 14.6. The molecule has 0 spiro atoms.